The van der Waals surface area contributed by atoms with Gasteiger partial charge in [-0.2, -0.15) is 9.78 Å². The van der Waals surface area contributed by atoms with Crippen LogP contribution >= 0.6 is 23.4 Å². The second kappa shape index (κ2) is 10.1. The van der Waals surface area contributed by atoms with Crippen molar-refractivity contribution >= 4 is 52.4 Å². The Morgan fingerprint density at radius 3 is 2.88 bits per heavy atom. The molecule has 12 nitrogen and oxygen atoms in total. The Morgan fingerprint density at radius 2 is 2.22 bits per heavy atom. The highest BCUT2D eigenvalue weighted by Crippen LogP contribution is 2.25. The molecule has 1 amide bonds. The Morgan fingerprint density at radius 1 is 1.44 bits per heavy atom. The minimum atomic E-state index is -0.663. The zero-order valence-electron chi connectivity index (χ0n) is 16.6. The first-order valence-corrected chi connectivity index (χ1v) is 9.94. The summed E-state index contributed by atoms with van der Waals surface area (Å²) in [6.07, 6.45) is 3.86. The molecule has 1 N–H and O–H groups in total. The van der Waals surface area contributed by atoms with E-state index >= 15 is 0 Å². The first-order valence-electron chi connectivity index (χ1n) is 8.75. The molecule has 1 saturated heterocycles. The molecule has 0 unspecified atom stereocenters. The van der Waals surface area contributed by atoms with Gasteiger partial charge in [-0.05, 0) is 40.4 Å². The normalized spacial score (nSPS) is 16.0. The molecule has 1 aromatic heterocycles. The smallest absolute Gasteiger partial charge is 0.408 e. The lowest BCUT2D eigenvalue weighted by atomic mass is 10.1. The van der Waals surface area contributed by atoms with Crippen molar-refractivity contribution in [3.8, 4) is 5.75 Å². The number of carbonyl (C=O) groups is 2. The predicted molar refractivity (Wildman–Crippen MR) is 117 cm³/mol. The van der Waals surface area contributed by atoms with Gasteiger partial charge in [0.25, 0.3) is 5.91 Å². The Balaban J connectivity index is 1.76. The summed E-state index contributed by atoms with van der Waals surface area (Å²) >= 11 is 6.80. The summed E-state index contributed by atoms with van der Waals surface area (Å²) in [6.45, 7) is 0.167. The van der Waals surface area contributed by atoms with Gasteiger partial charge >= 0.3 is 11.8 Å². The summed E-state index contributed by atoms with van der Waals surface area (Å²) in [5.41, 5.74) is 1.32. The molecule has 0 bridgehead atoms. The van der Waals surface area contributed by atoms with E-state index in [4.69, 9.17) is 16.3 Å². The molecule has 32 heavy (non-hydrogen) atoms. The second-order valence-corrected chi connectivity index (χ2v) is 7.50. The van der Waals surface area contributed by atoms with E-state index in [1.54, 1.807) is 18.2 Å². The summed E-state index contributed by atoms with van der Waals surface area (Å²) in [5, 5.41) is 25.3. The lowest BCUT2D eigenvalue weighted by Gasteiger charge is -2.08. The molecule has 166 valence electrons. The fourth-order valence-corrected chi connectivity index (χ4v) is 3.52. The number of hydrogen-bond donors (Lipinski definition) is 1. The third-order valence-corrected chi connectivity index (χ3v) is 5.13. The van der Waals surface area contributed by atoms with E-state index in [2.05, 4.69) is 25.4 Å². The number of aromatic nitrogens is 2. The molecule has 3 rings (SSSR count). The highest BCUT2D eigenvalue weighted by Gasteiger charge is 2.25. The van der Waals surface area contributed by atoms with Crippen LogP contribution in [0.25, 0.3) is 0 Å². The standard InChI is InChI=1S/C18H15ClN6O6S/c1-30-13-4-3-10(5-11(13)8-24-9-12(19)16(23-24)25(28)29)7-20-22-18-21-17(27)14(32-18)6-15(26)31-2/h3-7,9H,8H2,1-2H3,(H,21,22,27)/b14-6+,20-7?. The zero-order valence-corrected chi connectivity index (χ0v) is 18.2. The topological polar surface area (TPSA) is 150 Å². The lowest BCUT2D eigenvalue weighted by molar-refractivity contribution is -0.389. The Bertz CT molecular complexity index is 1170. The number of carbonyl (C=O) groups excluding carboxylic acids is 2. The molecule has 0 saturated carbocycles. The second-order valence-electron chi connectivity index (χ2n) is 6.06. The van der Waals surface area contributed by atoms with E-state index in [-0.39, 0.29) is 21.6 Å². The van der Waals surface area contributed by atoms with Crippen molar-refractivity contribution in [3.63, 3.8) is 0 Å². The third kappa shape index (κ3) is 5.50. The van der Waals surface area contributed by atoms with Crippen LogP contribution in [-0.2, 0) is 20.9 Å². The van der Waals surface area contributed by atoms with Gasteiger partial charge in [0.05, 0.1) is 43.2 Å². The van der Waals surface area contributed by atoms with Crippen LogP contribution in [0.5, 0.6) is 5.75 Å². The van der Waals surface area contributed by atoms with E-state index in [1.807, 2.05) is 0 Å². The van der Waals surface area contributed by atoms with E-state index in [1.165, 1.54) is 31.3 Å². The van der Waals surface area contributed by atoms with Gasteiger partial charge in [-0.25, -0.2) is 4.79 Å². The van der Waals surface area contributed by atoms with E-state index in [0.29, 0.717) is 16.9 Å². The van der Waals surface area contributed by atoms with Crippen LogP contribution in [0.1, 0.15) is 11.1 Å². The van der Waals surface area contributed by atoms with Crippen LogP contribution in [0, 0.1) is 10.1 Å². The zero-order chi connectivity index (χ0) is 23.3. The first-order chi connectivity index (χ1) is 15.3. The monoisotopic (exact) mass is 478 g/mol. The average molecular weight is 479 g/mol. The number of ether oxygens (including phenoxy) is 2. The SMILES string of the molecule is COC(=O)/C=C1/S/C(=N\N=Cc2ccc(OC)c(Cn3cc(Cl)c([N+](=O)[O-])n3)c2)NC1=O. The number of esters is 1. The van der Waals surface area contributed by atoms with Crippen LogP contribution in [0.2, 0.25) is 5.02 Å². The van der Waals surface area contributed by atoms with Crippen LogP contribution in [0.3, 0.4) is 0 Å². The number of hydrogen-bond acceptors (Lipinski definition) is 10. The third-order valence-electron chi connectivity index (χ3n) is 3.97. The predicted octanol–water partition coefficient (Wildman–Crippen LogP) is 2.11. The molecule has 2 heterocycles. The fourth-order valence-electron chi connectivity index (χ4n) is 2.56. The van der Waals surface area contributed by atoms with Crippen molar-refractivity contribution < 1.29 is 24.0 Å². The minimum absolute atomic E-state index is 0.0702. The number of rotatable bonds is 7. The van der Waals surface area contributed by atoms with Crippen molar-refractivity contribution in [2.24, 2.45) is 10.2 Å². The summed E-state index contributed by atoms with van der Waals surface area (Å²) in [7, 11) is 2.71. The highest BCUT2D eigenvalue weighted by molar-refractivity contribution is 8.18. The highest BCUT2D eigenvalue weighted by atomic mass is 35.5. The maximum Gasteiger partial charge on any atom is 0.408 e. The Hall–Kier alpha value is -3.71. The fraction of sp³-hybridized carbons (Fsp3) is 0.167. The van der Waals surface area contributed by atoms with Crippen molar-refractivity contribution in [3.05, 3.63) is 61.6 Å². The average Bonchev–Trinajstić information content (AvgIpc) is 3.29. The van der Waals surface area contributed by atoms with Gasteiger partial charge in [-0.3, -0.25) is 10.1 Å². The van der Waals surface area contributed by atoms with Gasteiger partial charge in [-0.15, -0.1) is 5.10 Å². The van der Waals surface area contributed by atoms with E-state index < -0.39 is 22.6 Å². The van der Waals surface area contributed by atoms with Crippen molar-refractivity contribution in [1.82, 2.24) is 15.1 Å². The van der Waals surface area contributed by atoms with E-state index in [0.717, 1.165) is 17.8 Å². The maximum atomic E-state index is 11.8. The maximum absolute atomic E-state index is 11.8. The van der Waals surface area contributed by atoms with Gasteiger partial charge in [0.2, 0.25) is 0 Å². The number of nitrogens with one attached hydrogen (secondary N) is 1. The molecule has 1 aliphatic heterocycles. The van der Waals surface area contributed by atoms with Gasteiger partial charge in [0.15, 0.2) is 10.2 Å². The molecule has 0 spiro atoms. The van der Waals surface area contributed by atoms with Crippen LogP contribution in [-0.4, -0.2) is 52.2 Å². The van der Waals surface area contributed by atoms with Crippen LogP contribution < -0.4 is 10.1 Å². The molecule has 0 atom stereocenters. The van der Waals surface area contributed by atoms with Crippen molar-refractivity contribution in [2.45, 2.75) is 6.54 Å². The summed E-state index contributed by atoms with van der Waals surface area (Å²) < 4.78 is 11.2. The molecule has 0 radical (unpaired) electrons. The number of methoxy groups -OCH3 is 2. The lowest BCUT2D eigenvalue weighted by Crippen LogP contribution is -2.19. The summed E-state index contributed by atoms with van der Waals surface area (Å²) in [6, 6.07) is 5.17. The number of thioether (sulfide) groups is 1. The van der Waals surface area contributed by atoms with Gasteiger partial charge in [0.1, 0.15) is 5.75 Å². The number of nitrogens with zero attached hydrogens (tertiary/aromatic N) is 5. The van der Waals surface area contributed by atoms with Gasteiger partial charge < -0.3 is 19.6 Å². The molecule has 0 aliphatic carbocycles. The number of amidine groups is 1. The Kier molecular flexibility index (Phi) is 7.22. The molecule has 1 aromatic carbocycles. The quantitative estimate of drug-likeness (QED) is 0.209. The molecule has 2 aromatic rings. The first kappa shape index (κ1) is 23.0. The van der Waals surface area contributed by atoms with E-state index in [9.17, 15) is 19.7 Å². The number of halogens is 1. The molecule has 1 aliphatic rings. The summed E-state index contributed by atoms with van der Waals surface area (Å²) in [4.78, 5) is 33.5. The van der Waals surface area contributed by atoms with Crippen molar-refractivity contribution in [1.29, 1.82) is 0 Å². The van der Waals surface area contributed by atoms with Gasteiger partial charge in [-0.1, -0.05) is 11.6 Å². The number of benzene rings is 1. The molecular weight excluding hydrogens is 464 g/mol. The number of amides is 1. The largest absolute Gasteiger partial charge is 0.496 e. The van der Waals surface area contributed by atoms with Crippen LogP contribution in [0.4, 0.5) is 5.82 Å². The Labute approximate surface area is 190 Å². The molecular formula is C18H15ClN6O6S. The summed E-state index contributed by atoms with van der Waals surface area (Å²) in [5.74, 6) is -1.02. The van der Waals surface area contributed by atoms with Crippen LogP contribution in [0.15, 0.2) is 45.6 Å². The molecule has 14 heteroatoms. The van der Waals surface area contributed by atoms with Crippen molar-refractivity contribution in [2.75, 3.05) is 14.2 Å². The number of nitro groups is 1. The van der Waals surface area contributed by atoms with Gasteiger partial charge in [0, 0.05) is 11.6 Å². The molecule has 1 fully saturated rings. The minimum Gasteiger partial charge on any atom is -0.496 e.